The average Bonchev–Trinajstić information content (AvgIpc) is 3.57. The number of alkyl halides is 3. The lowest BCUT2D eigenvalue weighted by atomic mass is 9.93. The van der Waals surface area contributed by atoms with E-state index in [4.69, 9.17) is 16.3 Å². The van der Waals surface area contributed by atoms with Crippen LogP contribution < -0.4 is 4.74 Å². The average molecular weight is 566 g/mol. The van der Waals surface area contributed by atoms with E-state index in [1.807, 2.05) is 13.0 Å². The Kier molecular flexibility index (Phi) is 6.06. The van der Waals surface area contributed by atoms with Crippen LogP contribution in [0.25, 0.3) is 4.96 Å². The molecular weight excluding hydrogens is 546 g/mol. The zero-order chi connectivity index (χ0) is 26.8. The standard InChI is InChI=1S/C25H20ClF4N5O2S/c1-12-33-35-22-17(31-24(35)38-12)8-9-34(21(22)15-5-4-14(10-16(15)27)13-2-3-13)20(36)11-37-18-6-7-19(25(28,29)30)32-23(18)26/h4-7,10,13,21H,2-3,8-9,11H2,1H3. The van der Waals surface area contributed by atoms with Crippen molar-refractivity contribution in [3.63, 3.8) is 0 Å². The second-order valence-corrected chi connectivity index (χ2v) is 10.8. The molecule has 3 aromatic heterocycles. The van der Waals surface area contributed by atoms with Crippen LogP contribution in [0.2, 0.25) is 5.15 Å². The van der Waals surface area contributed by atoms with Gasteiger partial charge in [-0.3, -0.25) is 4.79 Å². The topological polar surface area (TPSA) is 72.6 Å². The first-order valence-corrected chi connectivity index (χ1v) is 13.1. The second-order valence-electron chi connectivity index (χ2n) is 9.33. The van der Waals surface area contributed by atoms with E-state index in [1.54, 1.807) is 10.6 Å². The van der Waals surface area contributed by atoms with Crippen molar-refractivity contribution >= 4 is 33.8 Å². The molecule has 1 aromatic carbocycles. The third kappa shape index (κ3) is 4.49. The van der Waals surface area contributed by atoms with Gasteiger partial charge in [-0.25, -0.2) is 18.9 Å². The molecule has 1 aliphatic heterocycles. The summed E-state index contributed by atoms with van der Waals surface area (Å²) in [7, 11) is 0. The zero-order valence-electron chi connectivity index (χ0n) is 19.9. The molecular formula is C25H20ClF4N5O2S. The Morgan fingerprint density at radius 1 is 1.21 bits per heavy atom. The molecule has 1 unspecified atom stereocenters. The van der Waals surface area contributed by atoms with Crippen molar-refractivity contribution in [2.45, 2.75) is 44.3 Å². The van der Waals surface area contributed by atoms with Crippen LogP contribution in [-0.2, 0) is 17.4 Å². The van der Waals surface area contributed by atoms with Crippen LogP contribution in [0.1, 0.15) is 58.0 Å². The van der Waals surface area contributed by atoms with E-state index >= 15 is 4.39 Å². The number of rotatable bonds is 5. The predicted octanol–water partition coefficient (Wildman–Crippen LogP) is 5.74. The van der Waals surface area contributed by atoms with Gasteiger partial charge in [-0.1, -0.05) is 35.1 Å². The maximum atomic E-state index is 15.6. The van der Waals surface area contributed by atoms with E-state index in [2.05, 4.69) is 15.1 Å². The lowest BCUT2D eigenvalue weighted by Crippen LogP contribution is -2.43. The van der Waals surface area contributed by atoms with Crippen LogP contribution in [0.15, 0.2) is 30.3 Å². The molecule has 1 atom stereocenters. The Morgan fingerprint density at radius 2 is 2.00 bits per heavy atom. The molecule has 2 aliphatic rings. The molecule has 0 saturated heterocycles. The number of fused-ring (bicyclic) bond motifs is 3. The Balaban J connectivity index is 1.33. The van der Waals surface area contributed by atoms with Crippen LogP contribution in [-0.4, -0.2) is 43.5 Å². The Labute approximate surface area is 223 Å². The van der Waals surface area contributed by atoms with Crippen molar-refractivity contribution in [1.82, 2.24) is 24.5 Å². The summed E-state index contributed by atoms with van der Waals surface area (Å²) in [4.78, 5) is 23.6. The number of hydrogen-bond acceptors (Lipinski definition) is 6. The zero-order valence-corrected chi connectivity index (χ0v) is 21.5. The number of hydrogen-bond donors (Lipinski definition) is 0. The van der Waals surface area contributed by atoms with E-state index in [9.17, 15) is 18.0 Å². The Bertz CT molecular complexity index is 1570. The van der Waals surface area contributed by atoms with Gasteiger partial charge in [0.25, 0.3) is 5.91 Å². The molecule has 1 aliphatic carbocycles. The van der Waals surface area contributed by atoms with Crippen molar-refractivity contribution in [1.29, 1.82) is 0 Å². The molecule has 0 bridgehead atoms. The molecule has 198 valence electrons. The molecule has 1 fully saturated rings. The summed E-state index contributed by atoms with van der Waals surface area (Å²) < 4.78 is 61.4. The van der Waals surface area contributed by atoms with Crippen LogP contribution in [0.5, 0.6) is 5.75 Å². The number of pyridine rings is 1. The Morgan fingerprint density at radius 3 is 2.68 bits per heavy atom. The maximum absolute atomic E-state index is 15.6. The van der Waals surface area contributed by atoms with Gasteiger partial charge in [-0.2, -0.15) is 18.3 Å². The number of ether oxygens (including phenoxy) is 1. The van der Waals surface area contributed by atoms with Gasteiger partial charge in [0.05, 0.1) is 11.4 Å². The fourth-order valence-electron chi connectivity index (χ4n) is 4.79. The largest absolute Gasteiger partial charge is 0.481 e. The van der Waals surface area contributed by atoms with Crippen molar-refractivity contribution < 1.29 is 27.1 Å². The van der Waals surface area contributed by atoms with E-state index in [0.29, 0.717) is 28.6 Å². The minimum absolute atomic E-state index is 0.163. The molecule has 0 spiro atoms. The summed E-state index contributed by atoms with van der Waals surface area (Å²) >= 11 is 7.29. The van der Waals surface area contributed by atoms with Gasteiger partial charge in [-0.05, 0) is 49.4 Å². The Hall–Kier alpha value is -3.25. The summed E-state index contributed by atoms with van der Waals surface area (Å²) in [6.45, 7) is 1.55. The van der Waals surface area contributed by atoms with Gasteiger partial charge < -0.3 is 9.64 Å². The highest BCUT2D eigenvalue weighted by molar-refractivity contribution is 7.16. The van der Waals surface area contributed by atoms with E-state index in [1.165, 1.54) is 22.3 Å². The normalized spacial score (nSPS) is 17.6. The molecule has 1 amide bonds. The molecule has 4 aromatic rings. The molecule has 0 N–H and O–H groups in total. The van der Waals surface area contributed by atoms with Crippen LogP contribution in [0, 0.1) is 12.7 Å². The highest BCUT2D eigenvalue weighted by Crippen LogP contribution is 2.43. The number of benzene rings is 1. The van der Waals surface area contributed by atoms with Gasteiger partial charge in [0.2, 0.25) is 4.96 Å². The molecule has 7 nitrogen and oxygen atoms in total. The van der Waals surface area contributed by atoms with E-state index in [-0.39, 0.29) is 12.3 Å². The molecule has 38 heavy (non-hydrogen) atoms. The number of aryl methyl sites for hydroxylation is 1. The summed E-state index contributed by atoms with van der Waals surface area (Å²) in [5.74, 6) is -0.729. The monoisotopic (exact) mass is 565 g/mol. The number of halogens is 5. The molecule has 0 radical (unpaired) electrons. The number of imidazole rings is 1. The van der Waals surface area contributed by atoms with Gasteiger partial charge in [0.15, 0.2) is 17.5 Å². The summed E-state index contributed by atoms with van der Waals surface area (Å²) in [5, 5.41) is 4.80. The highest BCUT2D eigenvalue weighted by Gasteiger charge is 2.39. The minimum Gasteiger partial charge on any atom is -0.481 e. The number of aromatic nitrogens is 4. The molecule has 13 heteroatoms. The van der Waals surface area contributed by atoms with Gasteiger partial charge in [0, 0.05) is 18.5 Å². The summed E-state index contributed by atoms with van der Waals surface area (Å²) in [6.07, 6.45) is -2.19. The lowest BCUT2D eigenvalue weighted by Gasteiger charge is -2.35. The quantitative estimate of drug-likeness (QED) is 0.228. The summed E-state index contributed by atoms with van der Waals surface area (Å²) in [6, 6.07) is 6.05. The second kappa shape index (κ2) is 9.19. The maximum Gasteiger partial charge on any atom is 0.433 e. The number of carbonyl (C=O) groups excluding carboxylic acids is 1. The van der Waals surface area contributed by atoms with Crippen molar-refractivity contribution in [2.24, 2.45) is 0 Å². The van der Waals surface area contributed by atoms with Crippen LogP contribution in [0.3, 0.4) is 0 Å². The first kappa shape index (κ1) is 25.1. The third-order valence-corrected chi connectivity index (χ3v) is 7.81. The molecule has 1 saturated carbocycles. The number of amides is 1. The fraction of sp³-hybridized carbons (Fsp3) is 0.360. The van der Waals surface area contributed by atoms with Crippen molar-refractivity contribution in [3.05, 3.63) is 74.5 Å². The van der Waals surface area contributed by atoms with E-state index in [0.717, 1.165) is 41.2 Å². The van der Waals surface area contributed by atoms with Crippen molar-refractivity contribution in [2.75, 3.05) is 13.2 Å². The van der Waals surface area contributed by atoms with Gasteiger partial charge >= 0.3 is 6.18 Å². The highest BCUT2D eigenvalue weighted by atomic mass is 35.5. The van der Waals surface area contributed by atoms with E-state index < -0.39 is 41.4 Å². The first-order valence-electron chi connectivity index (χ1n) is 11.9. The number of carbonyl (C=O) groups is 1. The smallest absolute Gasteiger partial charge is 0.433 e. The van der Waals surface area contributed by atoms with Gasteiger partial charge in [0.1, 0.15) is 22.6 Å². The molecule has 4 heterocycles. The lowest BCUT2D eigenvalue weighted by molar-refractivity contribution is -0.141. The molecule has 6 rings (SSSR count). The van der Waals surface area contributed by atoms with Gasteiger partial charge in [-0.15, -0.1) is 0 Å². The van der Waals surface area contributed by atoms with Crippen molar-refractivity contribution in [3.8, 4) is 5.75 Å². The summed E-state index contributed by atoms with van der Waals surface area (Å²) in [5.41, 5.74) is 1.41. The fourth-order valence-corrected chi connectivity index (χ4v) is 5.77. The first-order chi connectivity index (χ1) is 18.1. The number of nitrogens with zero attached hydrogens (tertiary/aromatic N) is 5. The predicted molar refractivity (Wildman–Crippen MR) is 131 cm³/mol. The minimum atomic E-state index is -4.67. The van der Waals surface area contributed by atoms with Crippen LogP contribution >= 0.6 is 22.9 Å². The SMILES string of the molecule is Cc1nn2c3c(nc2s1)CCN(C(=O)COc1ccc(C(F)(F)F)nc1Cl)C3c1ccc(C2CC2)cc1F. The van der Waals surface area contributed by atoms with Crippen LogP contribution in [0.4, 0.5) is 17.6 Å². The third-order valence-electron chi connectivity index (χ3n) is 6.72.